The molecule has 0 spiro atoms. The Morgan fingerprint density at radius 1 is 1.19 bits per heavy atom. The molecule has 10 heteroatoms. The van der Waals surface area contributed by atoms with Crippen LogP contribution in [0.5, 0.6) is 0 Å². The number of aromatic nitrogens is 4. The Hall–Kier alpha value is -2.65. The number of hydrogen-bond acceptors (Lipinski definition) is 4. The first kappa shape index (κ1) is 19.1. The molecule has 2 heterocycles. The van der Waals surface area contributed by atoms with Gasteiger partial charge < -0.3 is 10.4 Å². The van der Waals surface area contributed by atoms with Crippen molar-refractivity contribution in [1.82, 2.24) is 19.6 Å². The van der Waals surface area contributed by atoms with Crippen LogP contribution in [0.2, 0.25) is 5.02 Å². The second-order valence-electron chi connectivity index (χ2n) is 5.74. The van der Waals surface area contributed by atoms with Gasteiger partial charge in [0.25, 0.3) is 5.91 Å². The van der Waals surface area contributed by atoms with Crippen molar-refractivity contribution in [2.24, 2.45) is 0 Å². The molecule has 0 atom stereocenters. The van der Waals surface area contributed by atoms with Crippen LogP contribution in [0.4, 0.5) is 5.82 Å². The summed E-state index contributed by atoms with van der Waals surface area (Å²) in [6.45, 7) is 0.696. The molecule has 2 N–H and O–H groups in total. The maximum atomic E-state index is 12.3. The summed E-state index contributed by atoms with van der Waals surface area (Å²) >= 11 is 9.55. The zero-order chi connectivity index (χ0) is 19.4. The summed E-state index contributed by atoms with van der Waals surface area (Å²) in [4.78, 5) is 22.9. The highest BCUT2D eigenvalue weighted by Gasteiger charge is 2.14. The molecule has 3 aromatic rings. The van der Waals surface area contributed by atoms with E-state index in [2.05, 4.69) is 31.4 Å². The summed E-state index contributed by atoms with van der Waals surface area (Å²) in [6, 6.07) is 7.79. The van der Waals surface area contributed by atoms with E-state index >= 15 is 0 Å². The normalized spacial score (nSPS) is 10.7. The van der Waals surface area contributed by atoms with Crippen molar-refractivity contribution < 1.29 is 14.7 Å². The van der Waals surface area contributed by atoms with Crippen LogP contribution in [0.25, 0.3) is 0 Å². The largest absolute Gasteiger partial charge is 0.481 e. The number of carbonyl (C=O) groups is 2. The monoisotopic (exact) mass is 451 g/mol. The lowest BCUT2D eigenvalue weighted by atomic mass is 10.2. The first-order valence-electron chi connectivity index (χ1n) is 7.93. The van der Waals surface area contributed by atoms with E-state index in [1.807, 2.05) is 24.3 Å². The summed E-state index contributed by atoms with van der Waals surface area (Å²) in [5.41, 5.74) is 1.33. The second kappa shape index (κ2) is 8.36. The molecule has 140 valence electrons. The number of halogens is 2. The van der Waals surface area contributed by atoms with Gasteiger partial charge in [-0.1, -0.05) is 39.7 Å². The summed E-state index contributed by atoms with van der Waals surface area (Å²) in [7, 11) is 0. The molecule has 27 heavy (non-hydrogen) atoms. The topological polar surface area (TPSA) is 102 Å². The molecule has 1 amide bonds. The minimum Gasteiger partial charge on any atom is -0.481 e. The summed E-state index contributed by atoms with van der Waals surface area (Å²) in [6.07, 6.45) is 4.40. The Kier molecular flexibility index (Phi) is 5.92. The van der Waals surface area contributed by atoms with E-state index in [-0.39, 0.29) is 18.8 Å². The average molecular weight is 453 g/mol. The number of nitrogens with zero attached hydrogens (tertiary/aromatic N) is 4. The van der Waals surface area contributed by atoms with Crippen LogP contribution in [-0.4, -0.2) is 36.5 Å². The molecule has 3 rings (SSSR count). The Morgan fingerprint density at radius 3 is 2.63 bits per heavy atom. The van der Waals surface area contributed by atoms with Gasteiger partial charge >= 0.3 is 5.97 Å². The molecular formula is C17H15BrClN5O3. The van der Waals surface area contributed by atoms with Crippen molar-refractivity contribution in [2.45, 2.75) is 19.5 Å². The second-order valence-corrected chi connectivity index (χ2v) is 7.06. The fourth-order valence-corrected chi connectivity index (χ4v) is 2.79. The first-order valence-corrected chi connectivity index (χ1v) is 9.11. The number of carboxylic acids is 1. The first-order chi connectivity index (χ1) is 12.9. The third-order valence-corrected chi connectivity index (χ3v) is 4.46. The van der Waals surface area contributed by atoms with E-state index in [0.717, 1.165) is 10.0 Å². The molecule has 8 nitrogen and oxygen atoms in total. The van der Waals surface area contributed by atoms with Crippen molar-refractivity contribution in [3.63, 3.8) is 0 Å². The van der Waals surface area contributed by atoms with Crippen molar-refractivity contribution in [3.05, 3.63) is 63.5 Å². The zero-order valence-corrected chi connectivity index (χ0v) is 16.3. The number of carboxylic acid groups (broad SMARTS) is 1. The van der Waals surface area contributed by atoms with Gasteiger partial charge in [0, 0.05) is 16.9 Å². The number of aryl methyl sites for hydroxylation is 1. The van der Waals surface area contributed by atoms with E-state index in [0.29, 0.717) is 17.1 Å². The molecule has 2 aromatic heterocycles. The van der Waals surface area contributed by atoms with Crippen LogP contribution in [0.1, 0.15) is 22.3 Å². The van der Waals surface area contributed by atoms with Crippen molar-refractivity contribution >= 4 is 45.2 Å². The van der Waals surface area contributed by atoms with Crippen LogP contribution in [0.3, 0.4) is 0 Å². The van der Waals surface area contributed by atoms with Crippen LogP contribution >= 0.6 is 27.5 Å². The molecule has 0 unspecified atom stereocenters. The Morgan fingerprint density at radius 2 is 1.93 bits per heavy atom. The van der Waals surface area contributed by atoms with Crippen molar-refractivity contribution in [1.29, 1.82) is 0 Å². The molecule has 0 radical (unpaired) electrons. The third-order valence-electron chi connectivity index (χ3n) is 3.66. The quantitative estimate of drug-likeness (QED) is 0.573. The highest BCUT2D eigenvalue weighted by atomic mass is 79.9. The number of rotatable bonds is 7. The SMILES string of the molecule is O=C(O)CCn1cc(C(=O)Nc2nn(Cc3ccc(Br)cc3)cc2Cl)cn1. The van der Waals surface area contributed by atoms with Crippen molar-refractivity contribution in [2.75, 3.05) is 5.32 Å². The standard InChI is InChI=1S/C17H15BrClN5O3/c18-13-3-1-11(2-4-13)8-24-10-14(19)16(22-24)21-17(27)12-7-20-23(9-12)6-5-15(25)26/h1-4,7,9-10H,5-6,8H2,(H,25,26)(H,21,22,27). The number of anilines is 1. The van der Waals surface area contributed by atoms with Gasteiger partial charge in [-0.25, -0.2) is 0 Å². The molecule has 1 aromatic carbocycles. The minimum atomic E-state index is -0.931. The van der Waals surface area contributed by atoms with E-state index in [4.69, 9.17) is 16.7 Å². The lowest BCUT2D eigenvalue weighted by Crippen LogP contribution is -2.12. The number of hydrogen-bond donors (Lipinski definition) is 2. The molecule has 0 aliphatic heterocycles. The molecule has 0 saturated carbocycles. The smallest absolute Gasteiger partial charge is 0.305 e. The fraction of sp³-hybridized carbons (Fsp3) is 0.176. The third kappa shape index (κ3) is 5.18. The maximum Gasteiger partial charge on any atom is 0.305 e. The minimum absolute atomic E-state index is 0.0744. The van der Waals surface area contributed by atoms with E-state index in [1.54, 1.807) is 10.9 Å². The van der Waals surface area contributed by atoms with Crippen molar-refractivity contribution in [3.8, 4) is 0 Å². The summed E-state index contributed by atoms with van der Waals surface area (Å²) < 4.78 is 4.02. The van der Waals surface area contributed by atoms with Gasteiger partial charge in [-0.3, -0.25) is 19.0 Å². The van der Waals surface area contributed by atoms with Crippen LogP contribution in [0, 0.1) is 0 Å². The van der Waals surface area contributed by atoms with Gasteiger partial charge in [0.05, 0.1) is 31.3 Å². The summed E-state index contributed by atoms with van der Waals surface area (Å²) in [5.74, 6) is -1.11. The van der Waals surface area contributed by atoms with Crippen LogP contribution in [0.15, 0.2) is 47.3 Å². The van der Waals surface area contributed by atoms with Gasteiger partial charge in [0.15, 0.2) is 5.82 Å². The highest BCUT2D eigenvalue weighted by molar-refractivity contribution is 9.10. The van der Waals surface area contributed by atoms with E-state index in [9.17, 15) is 9.59 Å². The molecular weight excluding hydrogens is 438 g/mol. The zero-order valence-electron chi connectivity index (χ0n) is 14.0. The van der Waals surface area contributed by atoms with Crippen LogP contribution in [-0.2, 0) is 17.9 Å². The number of carbonyl (C=O) groups excluding carboxylic acids is 1. The van der Waals surface area contributed by atoms with Gasteiger partial charge in [0.2, 0.25) is 0 Å². The number of nitrogens with one attached hydrogen (secondary N) is 1. The summed E-state index contributed by atoms with van der Waals surface area (Å²) in [5, 5.41) is 19.9. The molecule has 0 bridgehead atoms. The maximum absolute atomic E-state index is 12.3. The van der Waals surface area contributed by atoms with Gasteiger partial charge in [-0.05, 0) is 17.7 Å². The Balaban J connectivity index is 1.65. The Bertz CT molecular complexity index is 967. The molecule has 0 aliphatic carbocycles. The van der Waals surface area contributed by atoms with Gasteiger partial charge in [-0.15, -0.1) is 0 Å². The molecule has 0 fully saturated rings. The number of aliphatic carboxylic acids is 1. The van der Waals surface area contributed by atoms with E-state index in [1.165, 1.54) is 17.1 Å². The van der Waals surface area contributed by atoms with Gasteiger partial charge in [-0.2, -0.15) is 10.2 Å². The average Bonchev–Trinajstić information content (AvgIpc) is 3.22. The number of benzene rings is 1. The predicted octanol–water partition coefficient (Wildman–Crippen LogP) is 3.27. The molecule has 0 aliphatic rings. The Labute approximate surface area is 167 Å². The van der Waals surface area contributed by atoms with Gasteiger partial charge in [0.1, 0.15) is 5.02 Å². The fourth-order valence-electron chi connectivity index (χ4n) is 2.33. The van der Waals surface area contributed by atoms with E-state index < -0.39 is 11.9 Å². The predicted molar refractivity (Wildman–Crippen MR) is 103 cm³/mol. The molecule has 0 saturated heterocycles. The van der Waals surface area contributed by atoms with Crippen LogP contribution < -0.4 is 5.32 Å². The lowest BCUT2D eigenvalue weighted by Gasteiger charge is -2.02. The number of amides is 1. The lowest BCUT2D eigenvalue weighted by molar-refractivity contribution is -0.137. The highest BCUT2D eigenvalue weighted by Crippen LogP contribution is 2.21.